The second kappa shape index (κ2) is 8.91. The molecule has 1 unspecified atom stereocenters. The molecule has 160 valence electrons. The number of amides is 2. The first kappa shape index (κ1) is 20.5. The molecule has 2 aromatic carbocycles. The van der Waals surface area contributed by atoms with Gasteiger partial charge in [0.25, 0.3) is 5.91 Å². The highest BCUT2D eigenvalue weighted by atomic mass is 16.5. The molecule has 1 aliphatic rings. The SMILES string of the molecule is COc1ccccc1C(NC(=O)COc1ccc2c(c1)CCC(=O)N2)c1nccn1C. The normalized spacial score (nSPS) is 13.7. The van der Waals surface area contributed by atoms with Crippen molar-refractivity contribution in [3.8, 4) is 11.5 Å². The lowest BCUT2D eigenvalue weighted by Gasteiger charge is -2.21. The highest BCUT2D eigenvalue weighted by Crippen LogP contribution is 2.29. The molecule has 4 rings (SSSR count). The van der Waals surface area contributed by atoms with Gasteiger partial charge in [0.2, 0.25) is 5.91 Å². The Hall–Kier alpha value is -3.81. The average Bonchev–Trinajstić information content (AvgIpc) is 3.21. The van der Waals surface area contributed by atoms with Crippen molar-refractivity contribution in [2.24, 2.45) is 7.05 Å². The number of para-hydroxylation sites is 1. The van der Waals surface area contributed by atoms with E-state index in [4.69, 9.17) is 9.47 Å². The van der Waals surface area contributed by atoms with E-state index in [0.29, 0.717) is 30.2 Å². The van der Waals surface area contributed by atoms with E-state index < -0.39 is 6.04 Å². The number of carbonyl (C=O) groups excluding carboxylic acids is 2. The van der Waals surface area contributed by atoms with Crippen LogP contribution < -0.4 is 20.1 Å². The van der Waals surface area contributed by atoms with E-state index in [9.17, 15) is 9.59 Å². The molecule has 8 nitrogen and oxygen atoms in total. The summed E-state index contributed by atoms with van der Waals surface area (Å²) in [5, 5.41) is 5.84. The minimum atomic E-state index is -0.494. The zero-order valence-electron chi connectivity index (χ0n) is 17.4. The zero-order valence-corrected chi connectivity index (χ0v) is 17.4. The number of nitrogens with zero attached hydrogens (tertiary/aromatic N) is 2. The van der Waals surface area contributed by atoms with Crippen LogP contribution in [0.4, 0.5) is 5.69 Å². The van der Waals surface area contributed by atoms with Gasteiger partial charge in [-0.05, 0) is 36.2 Å². The Morgan fingerprint density at radius 2 is 2.10 bits per heavy atom. The summed E-state index contributed by atoms with van der Waals surface area (Å²) in [6, 6.07) is 12.4. The topological polar surface area (TPSA) is 94.5 Å². The molecule has 0 aliphatic carbocycles. The van der Waals surface area contributed by atoms with Gasteiger partial charge in [-0.15, -0.1) is 0 Å². The summed E-state index contributed by atoms with van der Waals surface area (Å²) in [4.78, 5) is 28.7. The highest BCUT2D eigenvalue weighted by Gasteiger charge is 2.24. The molecule has 1 aromatic heterocycles. The quantitative estimate of drug-likeness (QED) is 0.613. The molecule has 3 aromatic rings. The number of methoxy groups -OCH3 is 1. The molecule has 8 heteroatoms. The van der Waals surface area contributed by atoms with Crippen LogP contribution in [-0.4, -0.2) is 35.1 Å². The summed E-state index contributed by atoms with van der Waals surface area (Å²) in [5.74, 6) is 1.65. The van der Waals surface area contributed by atoms with Crippen LogP contribution in [0.25, 0.3) is 0 Å². The van der Waals surface area contributed by atoms with Crippen molar-refractivity contribution in [3.05, 3.63) is 71.8 Å². The third-order valence-electron chi connectivity index (χ3n) is 5.21. The molecule has 0 bridgehead atoms. The first-order chi connectivity index (χ1) is 15.0. The molecule has 31 heavy (non-hydrogen) atoms. The van der Waals surface area contributed by atoms with Crippen LogP contribution in [0.15, 0.2) is 54.9 Å². The lowest BCUT2D eigenvalue weighted by molar-refractivity contribution is -0.123. The Morgan fingerprint density at radius 1 is 1.26 bits per heavy atom. The molecular weight excluding hydrogens is 396 g/mol. The number of carbonyl (C=O) groups is 2. The van der Waals surface area contributed by atoms with E-state index in [2.05, 4.69) is 15.6 Å². The van der Waals surface area contributed by atoms with Gasteiger partial charge in [-0.2, -0.15) is 0 Å². The van der Waals surface area contributed by atoms with Crippen LogP contribution in [0.5, 0.6) is 11.5 Å². The van der Waals surface area contributed by atoms with Gasteiger partial charge in [-0.25, -0.2) is 4.98 Å². The van der Waals surface area contributed by atoms with Gasteiger partial charge in [-0.3, -0.25) is 9.59 Å². The molecular formula is C23H24N4O4. The first-order valence-electron chi connectivity index (χ1n) is 10.00. The number of aromatic nitrogens is 2. The van der Waals surface area contributed by atoms with Crippen LogP contribution >= 0.6 is 0 Å². The fourth-order valence-corrected chi connectivity index (χ4v) is 3.64. The fraction of sp³-hybridized carbons (Fsp3) is 0.261. The molecule has 2 amide bonds. The van der Waals surface area contributed by atoms with E-state index in [0.717, 1.165) is 16.8 Å². The third-order valence-corrected chi connectivity index (χ3v) is 5.21. The summed E-state index contributed by atoms with van der Waals surface area (Å²) in [6.45, 7) is -0.152. The molecule has 0 spiro atoms. The number of rotatable bonds is 7. The Bertz CT molecular complexity index is 1110. The average molecular weight is 420 g/mol. The second-order valence-electron chi connectivity index (χ2n) is 7.29. The van der Waals surface area contributed by atoms with Gasteiger partial charge in [0.05, 0.1) is 7.11 Å². The van der Waals surface area contributed by atoms with Gasteiger partial charge in [-0.1, -0.05) is 18.2 Å². The smallest absolute Gasteiger partial charge is 0.258 e. The summed E-state index contributed by atoms with van der Waals surface area (Å²) in [7, 11) is 3.47. The van der Waals surface area contributed by atoms with Crippen molar-refractivity contribution in [1.82, 2.24) is 14.9 Å². The minimum absolute atomic E-state index is 0.0113. The summed E-state index contributed by atoms with van der Waals surface area (Å²) < 4.78 is 13.1. The number of aryl methyl sites for hydroxylation is 2. The number of hydrogen-bond donors (Lipinski definition) is 2. The van der Waals surface area contributed by atoms with Gasteiger partial charge in [0.15, 0.2) is 6.61 Å². The third kappa shape index (κ3) is 4.53. The molecule has 0 radical (unpaired) electrons. The summed E-state index contributed by atoms with van der Waals surface area (Å²) >= 11 is 0. The number of fused-ring (bicyclic) bond motifs is 1. The summed E-state index contributed by atoms with van der Waals surface area (Å²) in [6.07, 6.45) is 4.61. The maximum absolute atomic E-state index is 12.8. The first-order valence-corrected chi connectivity index (χ1v) is 10.00. The molecule has 0 saturated carbocycles. The van der Waals surface area contributed by atoms with Crippen molar-refractivity contribution in [2.45, 2.75) is 18.9 Å². The van der Waals surface area contributed by atoms with Gasteiger partial charge < -0.3 is 24.7 Å². The Kier molecular flexibility index (Phi) is 5.88. The molecule has 1 aliphatic heterocycles. The minimum Gasteiger partial charge on any atom is -0.496 e. The zero-order chi connectivity index (χ0) is 21.8. The van der Waals surface area contributed by atoms with Crippen molar-refractivity contribution >= 4 is 17.5 Å². The molecule has 0 saturated heterocycles. The number of nitrogens with one attached hydrogen (secondary N) is 2. The summed E-state index contributed by atoms with van der Waals surface area (Å²) in [5.41, 5.74) is 2.59. The van der Waals surface area contributed by atoms with Crippen molar-refractivity contribution in [2.75, 3.05) is 19.0 Å². The Morgan fingerprint density at radius 3 is 2.87 bits per heavy atom. The van der Waals surface area contributed by atoms with Crippen LogP contribution in [0.3, 0.4) is 0 Å². The van der Waals surface area contributed by atoms with E-state index >= 15 is 0 Å². The molecule has 2 N–H and O–H groups in total. The van der Waals surface area contributed by atoms with Crippen LogP contribution in [0, 0.1) is 0 Å². The van der Waals surface area contributed by atoms with Crippen molar-refractivity contribution in [1.29, 1.82) is 0 Å². The maximum atomic E-state index is 12.8. The maximum Gasteiger partial charge on any atom is 0.258 e. The predicted molar refractivity (Wildman–Crippen MR) is 115 cm³/mol. The second-order valence-corrected chi connectivity index (χ2v) is 7.29. The Labute approximate surface area is 180 Å². The monoisotopic (exact) mass is 420 g/mol. The van der Waals surface area contributed by atoms with Crippen LogP contribution in [0.2, 0.25) is 0 Å². The predicted octanol–water partition coefficient (Wildman–Crippen LogP) is 2.60. The molecule has 0 fully saturated rings. The number of benzene rings is 2. The van der Waals surface area contributed by atoms with Crippen LogP contribution in [0.1, 0.15) is 29.4 Å². The van der Waals surface area contributed by atoms with E-state index in [1.807, 2.05) is 48.1 Å². The van der Waals surface area contributed by atoms with E-state index in [1.54, 1.807) is 25.4 Å². The van der Waals surface area contributed by atoms with Crippen LogP contribution in [-0.2, 0) is 23.1 Å². The van der Waals surface area contributed by atoms with E-state index in [-0.39, 0.29) is 18.4 Å². The lowest BCUT2D eigenvalue weighted by atomic mass is 10.0. The van der Waals surface area contributed by atoms with Gasteiger partial charge >= 0.3 is 0 Å². The van der Waals surface area contributed by atoms with Gasteiger partial charge in [0, 0.05) is 37.1 Å². The number of hydrogen-bond acceptors (Lipinski definition) is 5. The molecule has 1 atom stereocenters. The van der Waals surface area contributed by atoms with Crippen molar-refractivity contribution in [3.63, 3.8) is 0 Å². The van der Waals surface area contributed by atoms with Gasteiger partial charge in [0.1, 0.15) is 23.4 Å². The fourth-order valence-electron chi connectivity index (χ4n) is 3.64. The number of ether oxygens (including phenoxy) is 2. The number of anilines is 1. The lowest BCUT2D eigenvalue weighted by Crippen LogP contribution is -2.34. The number of imidazole rings is 1. The highest BCUT2D eigenvalue weighted by molar-refractivity contribution is 5.94. The largest absolute Gasteiger partial charge is 0.496 e. The van der Waals surface area contributed by atoms with E-state index in [1.165, 1.54) is 0 Å². The standard InChI is InChI=1S/C23H24N4O4/c1-27-12-11-24-23(27)22(17-5-3-4-6-19(17)30-2)26-21(29)14-31-16-8-9-18-15(13-16)7-10-20(28)25-18/h3-6,8-9,11-13,22H,7,10,14H2,1-2H3,(H,25,28)(H,26,29). The Balaban J connectivity index is 1.48. The molecule has 2 heterocycles. The van der Waals surface area contributed by atoms with Crippen molar-refractivity contribution < 1.29 is 19.1 Å².